The number of carbonyl (C=O) groups is 3. The molecule has 5 nitrogen and oxygen atoms in total. The summed E-state index contributed by atoms with van der Waals surface area (Å²) in [6.45, 7) is 0. The zero-order valence-electron chi connectivity index (χ0n) is 17.1. The van der Waals surface area contributed by atoms with Crippen LogP contribution in [0.4, 0.5) is 4.39 Å². The molecule has 0 amide bonds. The Morgan fingerprint density at radius 1 is 0.844 bits per heavy atom. The van der Waals surface area contributed by atoms with Crippen molar-refractivity contribution in [2.24, 2.45) is 0 Å². The summed E-state index contributed by atoms with van der Waals surface area (Å²) in [7, 11) is 0. The average molecular weight is 429 g/mol. The van der Waals surface area contributed by atoms with Crippen molar-refractivity contribution in [3.05, 3.63) is 108 Å². The van der Waals surface area contributed by atoms with Gasteiger partial charge in [0.2, 0.25) is 5.78 Å². The molecule has 0 bridgehead atoms. The van der Waals surface area contributed by atoms with Gasteiger partial charge in [0.15, 0.2) is 11.9 Å². The summed E-state index contributed by atoms with van der Waals surface area (Å²) in [4.78, 5) is 41.2. The van der Waals surface area contributed by atoms with E-state index in [4.69, 9.17) is 4.74 Å². The number of aromatic nitrogens is 1. The van der Waals surface area contributed by atoms with Gasteiger partial charge in [-0.15, -0.1) is 0 Å². The molecule has 0 fully saturated rings. The number of para-hydroxylation sites is 1. The van der Waals surface area contributed by atoms with E-state index in [1.807, 2.05) is 24.3 Å². The highest BCUT2D eigenvalue weighted by Gasteiger charge is 2.28. The first-order valence-electron chi connectivity index (χ1n) is 10.2. The van der Waals surface area contributed by atoms with Crippen LogP contribution in [-0.2, 0) is 9.53 Å². The van der Waals surface area contributed by atoms with E-state index >= 15 is 0 Å². The molecule has 1 N–H and O–H groups in total. The van der Waals surface area contributed by atoms with Gasteiger partial charge in [0.05, 0.1) is 6.42 Å². The normalized spacial score (nSPS) is 11.8. The van der Waals surface area contributed by atoms with Crippen LogP contribution in [0.5, 0.6) is 0 Å². The Bertz CT molecular complexity index is 1260. The van der Waals surface area contributed by atoms with Gasteiger partial charge >= 0.3 is 5.97 Å². The number of hydrogen-bond acceptors (Lipinski definition) is 4. The maximum absolute atomic E-state index is 13.3. The quantitative estimate of drug-likeness (QED) is 0.299. The van der Waals surface area contributed by atoms with Crippen LogP contribution < -0.4 is 0 Å². The number of benzene rings is 3. The zero-order chi connectivity index (χ0) is 22.5. The SMILES string of the molecule is O=C(CCC(=O)c1ccc(F)cc1)OC(C(=O)c1c[nH]c2ccccc12)c1ccccc1. The third-order valence-corrected chi connectivity index (χ3v) is 5.17. The summed E-state index contributed by atoms with van der Waals surface area (Å²) in [5.41, 5.74) is 2.08. The summed E-state index contributed by atoms with van der Waals surface area (Å²) in [5.74, 6) is -1.77. The highest BCUT2D eigenvalue weighted by molar-refractivity contribution is 6.10. The van der Waals surface area contributed by atoms with Crippen LogP contribution >= 0.6 is 0 Å². The van der Waals surface area contributed by atoms with Gasteiger partial charge in [-0.1, -0.05) is 48.5 Å². The molecule has 3 aromatic carbocycles. The summed E-state index contributed by atoms with van der Waals surface area (Å²) in [6.07, 6.45) is 0.173. The van der Waals surface area contributed by atoms with E-state index in [-0.39, 0.29) is 24.4 Å². The second-order valence-corrected chi connectivity index (χ2v) is 7.32. The van der Waals surface area contributed by atoms with E-state index in [9.17, 15) is 18.8 Å². The van der Waals surface area contributed by atoms with E-state index in [0.29, 0.717) is 16.7 Å². The lowest BCUT2D eigenvalue weighted by Crippen LogP contribution is -2.20. The van der Waals surface area contributed by atoms with E-state index in [1.165, 1.54) is 24.3 Å². The highest BCUT2D eigenvalue weighted by Crippen LogP contribution is 2.27. The molecule has 0 aliphatic carbocycles. The topological polar surface area (TPSA) is 76.2 Å². The molecule has 0 spiro atoms. The van der Waals surface area contributed by atoms with E-state index < -0.39 is 17.9 Å². The average Bonchev–Trinajstić information content (AvgIpc) is 3.26. The first-order chi connectivity index (χ1) is 15.5. The van der Waals surface area contributed by atoms with E-state index in [1.54, 1.807) is 36.5 Å². The largest absolute Gasteiger partial charge is 0.449 e. The zero-order valence-corrected chi connectivity index (χ0v) is 17.1. The third-order valence-electron chi connectivity index (χ3n) is 5.17. The van der Waals surface area contributed by atoms with Crippen molar-refractivity contribution >= 4 is 28.4 Å². The van der Waals surface area contributed by atoms with Crippen molar-refractivity contribution < 1.29 is 23.5 Å². The molecule has 6 heteroatoms. The van der Waals surface area contributed by atoms with Crippen molar-refractivity contribution in [2.75, 3.05) is 0 Å². The van der Waals surface area contributed by atoms with Crippen LogP contribution in [0.1, 0.15) is 45.2 Å². The lowest BCUT2D eigenvalue weighted by atomic mass is 9.99. The highest BCUT2D eigenvalue weighted by atomic mass is 19.1. The number of ketones is 2. The van der Waals surface area contributed by atoms with Gasteiger partial charge in [-0.3, -0.25) is 14.4 Å². The Kier molecular flexibility index (Phi) is 6.22. The van der Waals surface area contributed by atoms with Gasteiger partial charge < -0.3 is 9.72 Å². The molecule has 4 rings (SSSR count). The maximum Gasteiger partial charge on any atom is 0.307 e. The van der Waals surface area contributed by atoms with Crippen molar-refractivity contribution in [3.8, 4) is 0 Å². The standard InChI is InChI=1S/C26H20FNO4/c27-19-12-10-17(11-13-19)23(29)14-15-24(30)32-26(18-6-2-1-3-7-18)25(31)21-16-28-22-9-5-4-8-20(21)22/h1-13,16,26,28H,14-15H2. The lowest BCUT2D eigenvalue weighted by molar-refractivity contribution is -0.147. The summed E-state index contributed by atoms with van der Waals surface area (Å²) >= 11 is 0. The van der Waals surface area contributed by atoms with E-state index in [0.717, 1.165) is 10.9 Å². The molecule has 0 aliphatic rings. The van der Waals surface area contributed by atoms with Gasteiger partial charge in [-0.25, -0.2) is 4.39 Å². The number of esters is 1. The Labute approximate surface area is 183 Å². The number of Topliss-reactive ketones (excluding diaryl/α,β-unsaturated/α-hetero) is 2. The molecule has 1 atom stereocenters. The Balaban J connectivity index is 1.51. The summed E-state index contributed by atoms with van der Waals surface area (Å²) < 4.78 is 18.6. The van der Waals surface area contributed by atoms with Crippen LogP contribution in [0.2, 0.25) is 0 Å². The fourth-order valence-electron chi connectivity index (χ4n) is 3.50. The summed E-state index contributed by atoms with van der Waals surface area (Å²) in [5, 5.41) is 0.737. The fourth-order valence-corrected chi connectivity index (χ4v) is 3.50. The van der Waals surface area contributed by atoms with Gasteiger partial charge in [0.1, 0.15) is 5.82 Å². The predicted octanol–water partition coefficient (Wildman–Crippen LogP) is 5.44. The molecular formula is C26H20FNO4. The van der Waals surface area contributed by atoms with Crippen molar-refractivity contribution in [3.63, 3.8) is 0 Å². The van der Waals surface area contributed by atoms with Crippen molar-refractivity contribution in [1.82, 2.24) is 4.98 Å². The molecule has 160 valence electrons. The van der Waals surface area contributed by atoms with Crippen LogP contribution in [0.25, 0.3) is 10.9 Å². The number of nitrogens with one attached hydrogen (secondary N) is 1. The second kappa shape index (κ2) is 9.39. The monoisotopic (exact) mass is 429 g/mol. The van der Waals surface area contributed by atoms with Gasteiger partial charge in [0.25, 0.3) is 0 Å². The molecule has 1 heterocycles. The number of hydrogen-bond donors (Lipinski definition) is 1. The molecule has 1 unspecified atom stereocenters. The number of halogens is 1. The summed E-state index contributed by atoms with van der Waals surface area (Å²) in [6, 6.07) is 21.3. The van der Waals surface area contributed by atoms with Gasteiger partial charge in [-0.2, -0.15) is 0 Å². The lowest BCUT2D eigenvalue weighted by Gasteiger charge is -2.17. The van der Waals surface area contributed by atoms with Crippen LogP contribution in [0, 0.1) is 5.82 Å². The minimum atomic E-state index is -1.14. The molecule has 0 saturated heterocycles. The maximum atomic E-state index is 13.3. The minimum absolute atomic E-state index is 0.104. The molecule has 0 aliphatic heterocycles. The Hall–Kier alpha value is -4.06. The number of aromatic amines is 1. The first-order valence-corrected chi connectivity index (χ1v) is 10.2. The van der Waals surface area contributed by atoms with Gasteiger partial charge in [0, 0.05) is 40.2 Å². The molecule has 0 radical (unpaired) electrons. The molecule has 0 saturated carbocycles. The molecule has 4 aromatic rings. The minimum Gasteiger partial charge on any atom is -0.449 e. The van der Waals surface area contributed by atoms with Crippen LogP contribution in [-0.4, -0.2) is 22.5 Å². The Morgan fingerprint density at radius 2 is 1.53 bits per heavy atom. The van der Waals surface area contributed by atoms with Crippen LogP contribution in [0.15, 0.2) is 85.1 Å². The van der Waals surface area contributed by atoms with Crippen LogP contribution in [0.3, 0.4) is 0 Å². The number of carbonyl (C=O) groups excluding carboxylic acids is 3. The molecular weight excluding hydrogens is 409 g/mol. The van der Waals surface area contributed by atoms with Gasteiger partial charge in [-0.05, 0) is 30.3 Å². The number of rotatable bonds is 8. The number of H-pyrrole nitrogens is 1. The number of fused-ring (bicyclic) bond motifs is 1. The second-order valence-electron chi connectivity index (χ2n) is 7.32. The van der Waals surface area contributed by atoms with E-state index in [2.05, 4.69) is 4.98 Å². The first kappa shape index (κ1) is 21.2. The van der Waals surface area contributed by atoms with Crippen molar-refractivity contribution in [1.29, 1.82) is 0 Å². The molecule has 1 aromatic heterocycles. The fraction of sp³-hybridized carbons (Fsp3) is 0.115. The Morgan fingerprint density at radius 3 is 2.28 bits per heavy atom. The smallest absolute Gasteiger partial charge is 0.307 e. The predicted molar refractivity (Wildman–Crippen MR) is 118 cm³/mol. The molecule has 32 heavy (non-hydrogen) atoms. The van der Waals surface area contributed by atoms with Crippen molar-refractivity contribution in [2.45, 2.75) is 18.9 Å². The number of ether oxygens (including phenoxy) is 1. The third kappa shape index (κ3) is 4.64.